The normalized spacial score (nSPS) is 13.6. The Balaban J connectivity index is 0.000000221. The summed E-state index contributed by atoms with van der Waals surface area (Å²) in [6.07, 6.45) is 7.11. The number of aromatic nitrogens is 4. The molecule has 0 spiro atoms. The summed E-state index contributed by atoms with van der Waals surface area (Å²) < 4.78 is 10.5. The zero-order valence-electron chi connectivity index (χ0n) is 44.5. The maximum Gasteiger partial charge on any atom is 0.253 e. The van der Waals surface area contributed by atoms with Crippen LogP contribution in [0.5, 0.6) is 0 Å². The number of likely N-dealkylation sites (N-methyl/N-ethyl adjacent to an activating group) is 2. The van der Waals surface area contributed by atoms with Crippen molar-refractivity contribution in [2.75, 3.05) is 142 Å². The Hall–Kier alpha value is -6.48. The summed E-state index contributed by atoms with van der Waals surface area (Å²) in [7, 11) is 11.4. The first kappa shape index (κ1) is 57.2. The van der Waals surface area contributed by atoms with Crippen LogP contribution in [0.2, 0.25) is 10.0 Å². The summed E-state index contributed by atoms with van der Waals surface area (Å²) in [5.74, 6) is 1.34. The zero-order chi connectivity index (χ0) is 53.8. The molecule has 2 amide bonds. The molecule has 0 fully saturated rings. The Morgan fingerprint density at radius 2 is 0.947 bits per heavy atom. The molecule has 404 valence electrons. The number of methoxy groups -OCH3 is 2. The Morgan fingerprint density at radius 1 is 0.553 bits per heavy atom. The number of benzene rings is 4. The van der Waals surface area contributed by atoms with E-state index >= 15 is 0 Å². The monoisotopic (exact) mass is 1070 g/mol. The zero-order valence-corrected chi connectivity index (χ0v) is 46.0. The first-order chi connectivity index (χ1) is 36.8. The quantitative estimate of drug-likeness (QED) is 0.0385. The molecule has 0 aliphatic carbocycles. The number of halogens is 2. The minimum atomic E-state index is -0.163. The predicted octanol–water partition coefficient (Wildman–Crippen LogP) is 7.91. The molecule has 6 aromatic rings. The minimum Gasteiger partial charge on any atom is -0.383 e. The molecule has 18 nitrogen and oxygen atoms in total. The lowest BCUT2D eigenvalue weighted by Gasteiger charge is -2.18. The lowest BCUT2D eigenvalue weighted by Crippen LogP contribution is -2.31. The van der Waals surface area contributed by atoms with Crippen LogP contribution in [0.4, 0.5) is 46.3 Å². The number of anilines is 8. The summed E-state index contributed by atoms with van der Waals surface area (Å²) in [6.45, 7) is 10.1. The van der Waals surface area contributed by atoms with Crippen molar-refractivity contribution in [3.63, 3.8) is 0 Å². The fourth-order valence-corrected chi connectivity index (χ4v) is 8.96. The molecule has 20 heteroatoms. The van der Waals surface area contributed by atoms with Crippen LogP contribution < -0.4 is 31.9 Å². The maximum absolute atomic E-state index is 12.8. The fourth-order valence-electron chi connectivity index (χ4n) is 8.69. The highest BCUT2D eigenvalue weighted by molar-refractivity contribution is 6.33. The molecule has 0 atom stereocenters. The molecule has 0 unspecified atom stereocenters. The van der Waals surface area contributed by atoms with Gasteiger partial charge in [0, 0.05) is 91.0 Å². The van der Waals surface area contributed by atoms with Gasteiger partial charge in [0.1, 0.15) is 10.0 Å². The Morgan fingerprint density at radius 3 is 1.34 bits per heavy atom. The third kappa shape index (κ3) is 17.3. The third-order valence-electron chi connectivity index (χ3n) is 13.0. The maximum atomic E-state index is 12.8. The van der Waals surface area contributed by atoms with Crippen LogP contribution >= 0.6 is 23.2 Å². The Kier molecular flexibility index (Phi) is 22.0. The minimum absolute atomic E-state index is 0.163. The summed E-state index contributed by atoms with van der Waals surface area (Å²) in [6, 6.07) is 27.4. The van der Waals surface area contributed by atoms with E-state index in [1.165, 1.54) is 22.3 Å². The van der Waals surface area contributed by atoms with E-state index < -0.39 is 0 Å². The second-order valence-electron chi connectivity index (χ2n) is 19.1. The SMILES string of the molecule is COCCN1CCc2ccc(Nc3ncc(Cl)c(Nc4ccccc4C(=O)NCCN(C)C)n3)cc2CC1.COCCN1CCc2ccc(Nc3ncc(Cl)c(Nc4ccccc4C(=O)NCCN(C)C)n3)cc2CC1. The molecular formula is C56H72Cl2N14O4. The standard InChI is InChI=1S/2C28H36ClN7O2/c2*1-35(2)15-12-30-27(37)23-6-4-5-7-25(23)33-26-24(29)19-31-28(34-26)32-22-9-8-20-10-13-36(16-17-38-3)14-11-21(20)18-22/h2*4-9,18-19H,10-17H2,1-3H3,(H,30,37)(H2,31,32,33,34). The van der Waals surface area contributed by atoms with Gasteiger partial charge in [0.05, 0.1) is 48.1 Å². The van der Waals surface area contributed by atoms with Crippen LogP contribution in [-0.2, 0) is 35.2 Å². The van der Waals surface area contributed by atoms with Crippen molar-refractivity contribution in [1.82, 2.24) is 50.2 Å². The molecule has 0 radical (unpaired) electrons. The number of fused-ring (bicyclic) bond motifs is 2. The number of para-hydroxylation sites is 2. The molecule has 0 bridgehead atoms. The van der Waals surface area contributed by atoms with Crippen LogP contribution in [0.25, 0.3) is 0 Å². The van der Waals surface area contributed by atoms with E-state index in [0.717, 1.165) is 103 Å². The van der Waals surface area contributed by atoms with E-state index in [1.54, 1.807) is 38.7 Å². The van der Waals surface area contributed by atoms with Crippen LogP contribution in [0.15, 0.2) is 97.3 Å². The number of hydrogen-bond acceptors (Lipinski definition) is 16. The second kappa shape index (κ2) is 29.1. The topological polar surface area (TPSA) is 189 Å². The highest BCUT2D eigenvalue weighted by Crippen LogP contribution is 2.30. The molecule has 2 aliphatic rings. The highest BCUT2D eigenvalue weighted by atomic mass is 35.5. The van der Waals surface area contributed by atoms with E-state index in [0.29, 0.717) is 69.2 Å². The number of carbonyl (C=O) groups excluding carboxylic acids is 2. The lowest BCUT2D eigenvalue weighted by atomic mass is 10.0. The van der Waals surface area contributed by atoms with Crippen LogP contribution in [0.1, 0.15) is 43.0 Å². The molecule has 76 heavy (non-hydrogen) atoms. The first-order valence-electron chi connectivity index (χ1n) is 25.7. The van der Waals surface area contributed by atoms with E-state index in [2.05, 4.69) is 98.0 Å². The number of nitrogens with zero attached hydrogens (tertiary/aromatic N) is 8. The number of carbonyl (C=O) groups is 2. The second-order valence-corrected chi connectivity index (χ2v) is 19.9. The van der Waals surface area contributed by atoms with Crippen LogP contribution in [0.3, 0.4) is 0 Å². The lowest BCUT2D eigenvalue weighted by molar-refractivity contribution is 0.0943. The highest BCUT2D eigenvalue weighted by Gasteiger charge is 2.19. The average molecular weight is 1080 g/mol. The third-order valence-corrected chi connectivity index (χ3v) is 13.5. The van der Waals surface area contributed by atoms with Crippen molar-refractivity contribution >= 4 is 81.3 Å². The number of hydrogen-bond donors (Lipinski definition) is 6. The van der Waals surface area contributed by atoms with E-state index in [4.69, 9.17) is 32.7 Å². The van der Waals surface area contributed by atoms with E-state index in [1.807, 2.05) is 74.4 Å². The van der Waals surface area contributed by atoms with Crippen molar-refractivity contribution < 1.29 is 19.1 Å². The Bertz CT molecular complexity index is 2670. The van der Waals surface area contributed by atoms with Gasteiger partial charge in [0.15, 0.2) is 11.6 Å². The number of rotatable bonds is 22. The van der Waals surface area contributed by atoms with Crippen LogP contribution in [0, 0.1) is 0 Å². The summed E-state index contributed by atoms with van der Waals surface area (Å²) in [4.78, 5) is 52.4. The fraction of sp³-hybridized carbons (Fsp3) is 0.393. The van der Waals surface area contributed by atoms with E-state index in [-0.39, 0.29) is 11.8 Å². The molecule has 2 aromatic heterocycles. The molecule has 6 N–H and O–H groups in total. The number of ether oxygens (including phenoxy) is 2. The molecular weight excluding hydrogens is 1000 g/mol. The summed E-state index contributed by atoms with van der Waals surface area (Å²) in [5.41, 5.74) is 9.50. The Labute approximate surface area is 457 Å². The van der Waals surface area contributed by atoms with Gasteiger partial charge in [-0.05, 0) is 125 Å². The van der Waals surface area contributed by atoms with Crippen molar-refractivity contribution in [1.29, 1.82) is 0 Å². The van der Waals surface area contributed by atoms with E-state index in [9.17, 15) is 9.59 Å². The predicted molar refractivity (Wildman–Crippen MR) is 306 cm³/mol. The van der Waals surface area contributed by atoms with Gasteiger partial charge >= 0.3 is 0 Å². The van der Waals surface area contributed by atoms with Crippen molar-refractivity contribution in [2.45, 2.75) is 25.7 Å². The molecule has 4 heterocycles. The van der Waals surface area contributed by atoms with Gasteiger partial charge < -0.3 is 61.0 Å². The smallest absolute Gasteiger partial charge is 0.253 e. The average Bonchev–Trinajstić information content (AvgIpc) is 3.76. The van der Waals surface area contributed by atoms with Gasteiger partial charge in [-0.3, -0.25) is 9.59 Å². The molecule has 0 saturated carbocycles. The van der Waals surface area contributed by atoms with Gasteiger partial charge in [0.2, 0.25) is 11.9 Å². The molecule has 2 aliphatic heterocycles. The van der Waals surface area contributed by atoms with Crippen LogP contribution in [-0.4, -0.2) is 172 Å². The van der Waals surface area contributed by atoms with Gasteiger partial charge in [-0.2, -0.15) is 9.97 Å². The van der Waals surface area contributed by atoms with Crippen molar-refractivity contribution in [3.8, 4) is 0 Å². The van der Waals surface area contributed by atoms with Gasteiger partial charge in [-0.15, -0.1) is 0 Å². The largest absolute Gasteiger partial charge is 0.383 e. The van der Waals surface area contributed by atoms with Gasteiger partial charge in [-0.25, -0.2) is 9.97 Å². The summed E-state index contributed by atoms with van der Waals surface area (Å²) in [5, 5.41) is 19.7. The molecule has 4 aromatic carbocycles. The van der Waals surface area contributed by atoms with Crippen molar-refractivity contribution in [3.05, 3.63) is 141 Å². The first-order valence-corrected chi connectivity index (χ1v) is 26.4. The van der Waals surface area contributed by atoms with Gasteiger partial charge in [0.25, 0.3) is 11.8 Å². The van der Waals surface area contributed by atoms with Gasteiger partial charge in [-0.1, -0.05) is 59.6 Å². The number of nitrogens with one attached hydrogen (secondary N) is 6. The summed E-state index contributed by atoms with van der Waals surface area (Å²) >= 11 is 12.9. The molecule has 0 saturated heterocycles. The number of amides is 2. The van der Waals surface area contributed by atoms with Crippen molar-refractivity contribution in [2.24, 2.45) is 0 Å². The molecule has 8 rings (SSSR count).